The number of hydrogen-bond donors (Lipinski definition) is 1. The molecule has 0 aliphatic heterocycles. The van der Waals surface area contributed by atoms with Gasteiger partial charge in [-0.25, -0.2) is 4.98 Å². The molecular formula is C23H29NO3. The van der Waals surface area contributed by atoms with Gasteiger partial charge < -0.3 is 9.84 Å². The van der Waals surface area contributed by atoms with E-state index in [2.05, 4.69) is 23.7 Å². The Balaban J connectivity index is 2.29. The van der Waals surface area contributed by atoms with Crippen LogP contribution < -0.4 is 4.74 Å². The van der Waals surface area contributed by atoms with Gasteiger partial charge in [-0.3, -0.25) is 4.79 Å². The van der Waals surface area contributed by atoms with E-state index in [1.54, 1.807) is 0 Å². The second kappa shape index (κ2) is 10.7. The molecule has 1 aromatic carbocycles. The van der Waals surface area contributed by atoms with Gasteiger partial charge in [-0.15, -0.1) is 5.92 Å². The summed E-state index contributed by atoms with van der Waals surface area (Å²) in [5, 5.41) is 11.3. The molecular weight excluding hydrogens is 338 g/mol. The van der Waals surface area contributed by atoms with E-state index >= 15 is 0 Å². The average molecular weight is 367 g/mol. The molecule has 0 radical (unpaired) electrons. The van der Waals surface area contributed by atoms with Gasteiger partial charge in [-0.05, 0) is 31.9 Å². The van der Waals surface area contributed by atoms with Crippen molar-refractivity contribution < 1.29 is 14.6 Å². The summed E-state index contributed by atoms with van der Waals surface area (Å²) in [4.78, 5) is 16.6. The highest BCUT2D eigenvalue weighted by Crippen LogP contribution is 2.33. The monoisotopic (exact) mass is 367 g/mol. The first kappa shape index (κ1) is 20.9. The van der Waals surface area contributed by atoms with Gasteiger partial charge >= 0.3 is 5.97 Å². The third kappa shape index (κ3) is 5.80. The number of fused-ring (bicyclic) bond motifs is 1. The number of nitrogens with zero attached hydrogens (tertiary/aromatic N) is 1. The molecule has 1 aromatic heterocycles. The van der Waals surface area contributed by atoms with E-state index in [0.717, 1.165) is 31.1 Å². The predicted molar refractivity (Wildman–Crippen MR) is 109 cm³/mol. The van der Waals surface area contributed by atoms with Gasteiger partial charge in [0.2, 0.25) is 0 Å². The summed E-state index contributed by atoms with van der Waals surface area (Å²) in [6, 6.07) is 7.48. The van der Waals surface area contributed by atoms with Crippen LogP contribution in [0.25, 0.3) is 10.9 Å². The zero-order chi connectivity index (χ0) is 19.6. The van der Waals surface area contributed by atoms with Gasteiger partial charge in [0, 0.05) is 23.8 Å². The van der Waals surface area contributed by atoms with Crippen LogP contribution in [0.5, 0.6) is 5.75 Å². The molecule has 144 valence electrons. The minimum absolute atomic E-state index is 0.278. The molecule has 0 aliphatic rings. The summed E-state index contributed by atoms with van der Waals surface area (Å²) in [6.07, 6.45) is 5.44. The van der Waals surface area contributed by atoms with Gasteiger partial charge in [0.05, 0.1) is 11.2 Å². The van der Waals surface area contributed by atoms with Crippen LogP contribution in [0.4, 0.5) is 0 Å². The number of aliphatic hydroxyl groups is 1. The molecule has 0 saturated carbocycles. The molecule has 1 unspecified atom stereocenters. The van der Waals surface area contributed by atoms with E-state index in [0.29, 0.717) is 28.9 Å². The number of carbonyl (C=O) groups is 1. The van der Waals surface area contributed by atoms with Crippen molar-refractivity contribution in [3.63, 3.8) is 0 Å². The highest BCUT2D eigenvalue weighted by atomic mass is 16.5. The lowest BCUT2D eigenvalue weighted by atomic mass is 10.0. The fourth-order valence-corrected chi connectivity index (χ4v) is 2.94. The summed E-state index contributed by atoms with van der Waals surface area (Å²) in [5.41, 5.74) is 1.79. The molecule has 1 heterocycles. The topological polar surface area (TPSA) is 59.4 Å². The molecule has 0 saturated heterocycles. The number of benzene rings is 1. The number of aliphatic hydroxyl groups excluding tert-OH is 1. The number of carbonyl (C=O) groups excluding carboxylic acids is 1. The maximum Gasteiger partial charge on any atom is 0.311 e. The second-order valence-electron chi connectivity index (χ2n) is 6.73. The number of pyridine rings is 1. The number of para-hydroxylation sites is 1. The Kier molecular flexibility index (Phi) is 8.29. The Labute approximate surface area is 162 Å². The zero-order valence-corrected chi connectivity index (χ0v) is 16.5. The highest BCUT2D eigenvalue weighted by Gasteiger charge is 2.19. The third-order valence-corrected chi connectivity index (χ3v) is 4.44. The molecule has 0 fully saturated rings. The lowest BCUT2D eigenvalue weighted by Gasteiger charge is -2.15. The summed E-state index contributed by atoms with van der Waals surface area (Å²) in [6.45, 7) is 5.92. The number of esters is 1. The average Bonchev–Trinajstić information content (AvgIpc) is 2.66. The van der Waals surface area contributed by atoms with Gasteiger partial charge in [0.25, 0.3) is 0 Å². The third-order valence-electron chi connectivity index (χ3n) is 4.44. The van der Waals surface area contributed by atoms with Crippen LogP contribution in [0.2, 0.25) is 0 Å². The van der Waals surface area contributed by atoms with Gasteiger partial charge in [-0.2, -0.15) is 0 Å². The fraction of sp³-hybridized carbons (Fsp3) is 0.478. The Hall–Kier alpha value is -2.38. The predicted octanol–water partition coefficient (Wildman–Crippen LogP) is 5.26. The molecule has 2 aromatic rings. The first-order valence-corrected chi connectivity index (χ1v) is 9.84. The van der Waals surface area contributed by atoms with Gasteiger partial charge in [0.15, 0.2) is 6.10 Å². The lowest BCUT2D eigenvalue weighted by molar-refractivity contribution is -0.134. The van der Waals surface area contributed by atoms with Gasteiger partial charge in [0.1, 0.15) is 5.75 Å². The molecule has 2 rings (SSSR count). The van der Waals surface area contributed by atoms with Crippen LogP contribution in [-0.4, -0.2) is 16.1 Å². The first-order chi connectivity index (χ1) is 13.1. The van der Waals surface area contributed by atoms with Crippen LogP contribution >= 0.6 is 0 Å². The number of unbranched alkanes of at least 4 members (excludes halogenated alkanes) is 4. The largest absolute Gasteiger partial charge is 0.425 e. The first-order valence-electron chi connectivity index (χ1n) is 9.84. The zero-order valence-electron chi connectivity index (χ0n) is 16.5. The molecule has 4 heteroatoms. The molecule has 1 N–H and O–H groups in total. The molecule has 1 atom stereocenters. The van der Waals surface area contributed by atoms with Crippen molar-refractivity contribution in [3.8, 4) is 17.6 Å². The summed E-state index contributed by atoms with van der Waals surface area (Å²) >= 11 is 0. The van der Waals surface area contributed by atoms with Crippen molar-refractivity contribution in [3.05, 3.63) is 35.5 Å². The van der Waals surface area contributed by atoms with Crippen molar-refractivity contribution in [2.75, 3.05) is 0 Å². The van der Waals surface area contributed by atoms with E-state index in [1.165, 1.54) is 12.8 Å². The number of rotatable bonds is 8. The van der Waals surface area contributed by atoms with E-state index in [1.807, 2.05) is 38.1 Å². The maximum atomic E-state index is 12.1. The quantitative estimate of drug-likeness (QED) is 0.393. The fourth-order valence-electron chi connectivity index (χ4n) is 2.94. The normalized spacial score (nSPS) is 11.7. The van der Waals surface area contributed by atoms with Crippen LogP contribution in [0.15, 0.2) is 24.3 Å². The Bertz CT molecular complexity index is 833. The minimum Gasteiger partial charge on any atom is -0.425 e. The Morgan fingerprint density at radius 2 is 1.96 bits per heavy atom. The van der Waals surface area contributed by atoms with Crippen molar-refractivity contribution >= 4 is 16.9 Å². The number of ether oxygens (including phenoxy) is 1. The van der Waals surface area contributed by atoms with Crippen LogP contribution in [0.3, 0.4) is 0 Å². The number of hydrogen-bond acceptors (Lipinski definition) is 4. The van der Waals surface area contributed by atoms with Crippen LogP contribution in [-0.2, 0) is 4.79 Å². The second-order valence-corrected chi connectivity index (χ2v) is 6.73. The number of aromatic nitrogens is 1. The van der Waals surface area contributed by atoms with Crippen molar-refractivity contribution in [2.24, 2.45) is 0 Å². The SMILES string of the molecule is CCCCCCC#CC(O)c1nc2ccccc2c(OC(=O)CCC)c1C. The summed E-state index contributed by atoms with van der Waals surface area (Å²) in [7, 11) is 0. The Morgan fingerprint density at radius 1 is 1.19 bits per heavy atom. The van der Waals surface area contributed by atoms with E-state index in [9.17, 15) is 9.90 Å². The van der Waals surface area contributed by atoms with Gasteiger partial charge in [-0.1, -0.05) is 51.2 Å². The van der Waals surface area contributed by atoms with Crippen molar-refractivity contribution in [2.45, 2.75) is 71.8 Å². The molecule has 0 amide bonds. The minimum atomic E-state index is -0.996. The van der Waals surface area contributed by atoms with E-state index in [4.69, 9.17) is 4.74 Å². The maximum absolute atomic E-state index is 12.1. The summed E-state index contributed by atoms with van der Waals surface area (Å²) in [5.74, 6) is 6.13. The molecule has 0 bridgehead atoms. The smallest absolute Gasteiger partial charge is 0.311 e. The highest BCUT2D eigenvalue weighted by molar-refractivity contribution is 5.89. The van der Waals surface area contributed by atoms with Crippen LogP contribution in [0, 0.1) is 18.8 Å². The molecule has 4 nitrogen and oxygen atoms in total. The molecule has 0 aliphatic carbocycles. The Morgan fingerprint density at radius 3 is 2.70 bits per heavy atom. The standard InChI is InChI=1S/C23H29NO3/c1-4-6-7-8-9-10-16-20(25)22-17(3)23(27-21(26)13-5-2)18-14-11-12-15-19(18)24-22/h11-12,14-15,20,25H,4-9,13H2,1-3H3. The van der Waals surface area contributed by atoms with Crippen LogP contribution in [0.1, 0.15) is 76.2 Å². The van der Waals surface area contributed by atoms with E-state index < -0.39 is 6.10 Å². The molecule has 27 heavy (non-hydrogen) atoms. The van der Waals surface area contributed by atoms with Crippen molar-refractivity contribution in [1.82, 2.24) is 4.98 Å². The summed E-state index contributed by atoms with van der Waals surface area (Å²) < 4.78 is 5.62. The lowest BCUT2D eigenvalue weighted by Crippen LogP contribution is -2.11. The van der Waals surface area contributed by atoms with E-state index in [-0.39, 0.29) is 5.97 Å². The molecule has 0 spiro atoms. The van der Waals surface area contributed by atoms with Crippen molar-refractivity contribution in [1.29, 1.82) is 0 Å².